The second-order valence-corrected chi connectivity index (χ2v) is 5.66. The molecule has 0 aliphatic carbocycles. The van der Waals surface area contributed by atoms with Crippen LogP contribution in [0.15, 0.2) is 24.3 Å². The van der Waals surface area contributed by atoms with Gasteiger partial charge in [0.2, 0.25) is 0 Å². The predicted octanol–water partition coefficient (Wildman–Crippen LogP) is 1.70. The summed E-state index contributed by atoms with van der Waals surface area (Å²) in [6, 6.07) is 8.03. The van der Waals surface area contributed by atoms with E-state index in [1.807, 2.05) is 38.2 Å². The smallest absolute Gasteiger partial charge is 0.340 e. The molecule has 1 saturated heterocycles. The van der Waals surface area contributed by atoms with Gasteiger partial charge in [0.25, 0.3) is 0 Å². The quantitative estimate of drug-likeness (QED) is 0.870. The largest absolute Gasteiger partial charge is 0.465 e. The number of hydrogen-bond donors (Lipinski definition) is 1. The third-order valence-electron chi connectivity index (χ3n) is 4.33. The summed E-state index contributed by atoms with van der Waals surface area (Å²) in [7, 11) is 3.29. The van der Waals surface area contributed by atoms with Crippen molar-refractivity contribution in [2.24, 2.45) is 0 Å². The second-order valence-electron chi connectivity index (χ2n) is 5.66. The van der Waals surface area contributed by atoms with Crippen molar-refractivity contribution in [2.75, 3.05) is 27.4 Å². The first-order chi connectivity index (χ1) is 11.2. The predicted molar refractivity (Wildman–Crippen MR) is 86.6 cm³/mol. The molecule has 3 rings (SSSR count). The summed E-state index contributed by atoms with van der Waals surface area (Å²) in [5.41, 5.74) is 2.45. The summed E-state index contributed by atoms with van der Waals surface area (Å²) in [6.45, 7) is 3.69. The number of rotatable bonds is 4. The topological polar surface area (TPSA) is 61.7 Å². The molecule has 2 heterocycles. The molecule has 1 aromatic carbocycles. The van der Waals surface area contributed by atoms with Crippen molar-refractivity contribution < 1.29 is 19.0 Å². The summed E-state index contributed by atoms with van der Waals surface area (Å²) < 4.78 is 18.5. The van der Waals surface area contributed by atoms with Crippen LogP contribution in [0.5, 0.6) is 0 Å². The number of benzene rings is 1. The van der Waals surface area contributed by atoms with Crippen molar-refractivity contribution >= 4 is 16.9 Å². The van der Waals surface area contributed by atoms with Crippen molar-refractivity contribution in [1.29, 1.82) is 0 Å². The van der Waals surface area contributed by atoms with Gasteiger partial charge in [-0.1, -0.05) is 18.2 Å². The van der Waals surface area contributed by atoms with Gasteiger partial charge in [0.05, 0.1) is 38.5 Å². The third kappa shape index (κ3) is 2.97. The summed E-state index contributed by atoms with van der Waals surface area (Å²) in [6.07, 6.45) is -0.320. The fourth-order valence-electron chi connectivity index (χ4n) is 2.99. The van der Waals surface area contributed by atoms with Gasteiger partial charge in [-0.05, 0) is 20.0 Å². The van der Waals surface area contributed by atoms with E-state index in [4.69, 9.17) is 14.2 Å². The summed E-state index contributed by atoms with van der Waals surface area (Å²) in [5, 5.41) is 4.03. The molecule has 0 spiro atoms. The highest BCUT2D eigenvalue weighted by molar-refractivity contribution is 6.05. The van der Waals surface area contributed by atoms with Crippen LogP contribution >= 0.6 is 0 Å². The number of para-hydroxylation sites is 1. The third-order valence-corrected chi connectivity index (χ3v) is 4.33. The van der Waals surface area contributed by atoms with Gasteiger partial charge in [0.1, 0.15) is 0 Å². The number of hydrogen-bond acceptors (Lipinski definition) is 5. The van der Waals surface area contributed by atoms with Gasteiger partial charge < -0.3 is 24.1 Å². The number of esters is 1. The van der Waals surface area contributed by atoms with Crippen LogP contribution in [0, 0.1) is 6.92 Å². The van der Waals surface area contributed by atoms with E-state index in [-0.39, 0.29) is 18.3 Å². The second kappa shape index (κ2) is 6.70. The number of carbonyl (C=O) groups excluding carboxylic acids is 1. The zero-order valence-electron chi connectivity index (χ0n) is 13.7. The van der Waals surface area contributed by atoms with Gasteiger partial charge in [-0.2, -0.15) is 0 Å². The summed E-state index contributed by atoms with van der Waals surface area (Å²) >= 11 is 0. The fraction of sp³-hybridized carbons (Fsp3) is 0.471. The van der Waals surface area contributed by atoms with Crippen LogP contribution in [-0.2, 0) is 20.8 Å². The molecule has 0 radical (unpaired) electrons. The Balaban J connectivity index is 1.92. The standard InChI is InChI=1S/C17H22N2O4/c1-11-16(17(20)21-3)13-6-4-5-7-14(13)19(11)8-15-22-9-12(18-2)10-23-15/h4-7,12,15,18H,8-10H2,1-3H3. The number of methoxy groups -OCH3 is 1. The summed E-state index contributed by atoms with van der Waals surface area (Å²) in [4.78, 5) is 12.1. The number of nitrogens with one attached hydrogen (secondary N) is 1. The van der Waals surface area contributed by atoms with E-state index >= 15 is 0 Å². The van der Waals surface area contributed by atoms with E-state index in [0.717, 1.165) is 16.6 Å². The molecule has 23 heavy (non-hydrogen) atoms. The molecule has 2 aromatic rings. The van der Waals surface area contributed by atoms with Crippen LogP contribution in [0.1, 0.15) is 16.1 Å². The SMILES string of the molecule is CNC1COC(Cn2c(C)c(C(=O)OC)c3ccccc32)OC1. The van der Waals surface area contributed by atoms with Gasteiger partial charge >= 0.3 is 5.97 Å². The molecule has 0 bridgehead atoms. The molecular formula is C17H22N2O4. The Labute approximate surface area is 135 Å². The molecule has 1 aliphatic rings. The van der Waals surface area contributed by atoms with Gasteiger partial charge in [0, 0.05) is 16.6 Å². The Morgan fingerprint density at radius 2 is 2.04 bits per heavy atom. The first-order valence-electron chi connectivity index (χ1n) is 7.72. The molecular weight excluding hydrogens is 296 g/mol. The molecule has 0 unspecified atom stereocenters. The molecule has 6 heteroatoms. The average Bonchev–Trinajstić information content (AvgIpc) is 2.87. The fourth-order valence-corrected chi connectivity index (χ4v) is 2.99. The van der Waals surface area contributed by atoms with Crippen LogP contribution < -0.4 is 5.32 Å². The molecule has 0 saturated carbocycles. The van der Waals surface area contributed by atoms with Crippen LogP contribution in [0.3, 0.4) is 0 Å². The van der Waals surface area contributed by atoms with Crippen LogP contribution in [0.25, 0.3) is 10.9 Å². The lowest BCUT2D eigenvalue weighted by atomic mass is 10.1. The first-order valence-corrected chi connectivity index (χ1v) is 7.72. The van der Waals surface area contributed by atoms with E-state index in [0.29, 0.717) is 25.3 Å². The number of fused-ring (bicyclic) bond motifs is 1. The van der Waals surface area contributed by atoms with Crippen molar-refractivity contribution in [3.8, 4) is 0 Å². The lowest BCUT2D eigenvalue weighted by Crippen LogP contribution is -2.44. The summed E-state index contributed by atoms with van der Waals surface area (Å²) in [5.74, 6) is -0.321. The van der Waals surface area contributed by atoms with Gasteiger partial charge in [-0.25, -0.2) is 4.79 Å². The average molecular weight is 318 g/mol. The van der Waals surface area contributed by atoms with E-state index < -0.39 is 0 Å². The maximum Gasteiger partial charge on any atom is 0.340 e. The highest BCUT2D eigenvalue weighted by Gasteiger charge is 2.25. The van der Waals surface area contributed by atoms with Gasteiger partial charge in [-0.15, -0.1) is 0 Å². The Morgan fingerprint density at radius 1 is 1.35 bits per heavy atom. The zero-order chi connectivity index (χ0) is 16.4. The zero-order valence-corrected chi connectivity index (χ0v) is 13.7. The van der Waals surface area contributed by atoms with Crippen molar-refractivity contribution in [2.45, 2.75) is 25.8 Å². The van der Waals surface area contributed by atoms with E-state index in [1.54, 1.807) is 0 Å². The Hall–Kier alpha value is -1.89. The molecule has 0 atom stereocenters. The number of likely N-dealkylation sites (N-methyl/N-ethyl adjacent to an activating group) is 1. The molecule has 1 N–H and O–H groups in total. The highest BCUT2D eigenvalue weighted by Crippen LogP contribution is 2.27. The van der Waals surface area contributed by atoms with Crippen LogP contribution in [0.2, 0.25) is 0 Å². The minimum Gasteiger partial charge on any atom is -0.465 e. The van der Waals surface area contributed by atoms with Crippen LogP contribution in [-0.4, -0.2) is 50.2 Å². The van der Waals surface area contributed by atoms with Crippen LogP contribution in [0.4, 0.5) is 0 Å². The molecule has 1 aromatic heterocycles. The number of ether oxygens (including phenoxy) is 3. The highest BCUT2D eigenvalue weighted by atomic mass is 16.7. The maximum absolute atomic E-state index is 12.1. The minimum atomic E-state index is -0.321. The first kappa shape index (κ1) is 16.0. The minimum absolute atomic E-state index is 0.222. The van der Waals surface area contributed by atoms with E-state index in [9.17, 15) is 4.79 Å². The monoisotopic (exact) mass is 318 g/mol. The number of carbonyl (C=O) groups is 1. The number of nitrogens with zero attached hydrogens (tertiary/aromatic N) is 1. The van der Waals surface area contributed by atoms with Gasteiger partial charge in [0.15, 0.2) is 6.29 Å². The van der Waals surface area contributed by atoms with Crippen molar-refractivity contribution in [3.05, 3.63) is 35.5 Å². The molecule has 6 nitrogen and oxygen atoms in total. The lowest BCUT2D eigenvalue weighted by molar-refractivity contribution is -0.194. The number of aromatic nitrogens is 1. The Morgan fingerprint density at radius 3 is 2.70 bits per heavy atom. The lowest BCUT2D eigenvalue weighted by Gasteiger charge is -2.29. The van der Waals surface area contributed by atoms with Crippen molar-refractivity contribution in [1.82, 2.24) is 9.88 Å². The molecule has 1 aliphatic heterocycles. The molecule has 0 amide bonds. The molecule has 1 fully saturated rings. The maximum atomic E-state index is 12.1. The molecule has 124 valence electrons. The Bertz CT molecular complexity index is 702. The van der Waals surface area contributed by atoms with E-state index in [2.05, 4.69) is 9.88 Å². The normalized spacial score (nSPS) is 21.5. The Kier molecular flexibility index (Phi) is 4.66. The van der Waals surface area contributed by atoms with Gasteiger partial charge in [-0.3, -0.25) is 0 Å². The van der Waals surface area contributed by atoms with E-state index in [1.165, 1.54) is 7.11 Å². The van der Waals surface area contributed by atoms with Crippen molar-refractivity contribution in [3.63, 3.8) is 0 Å².